The number of benzene rings is 1. The minimum Gasteiger partial charge on any atom is -0.309 e. The van der Waals surface area contributed by atoms with Crippen LogP contribution in [0.5, 0.6) is 0 Å². The first-order valence-electron chi connectivity index (χ1n) is 11.0. The van der Waals surface area contributed by atoms with Crippen molar-refractivity contribution in [2.24, 2.45) is 5.92 Å². The summed E-state index contributed by atoms with van der Waals surface area (Å²) in [6.07, 6.45) is 21.3. The molecule has 162 valence electrons. The number of nitrogens with zero attached hydrogens (tertiary/aromatic N) is 2. The number of aryl methyl sites for hydroxylation is 3. The number of fused-ring (bicyclic) bond motifs is 3. The van der Waals surface area contributed by atoms with Gasteiger partial charge in [0.25, 0.3) is 0 Å². The SMILES string of the molecule is C#C.C/C=C\C=C/CCCc1nc2c(nc1NC(=O)CC(C)C)CCc1ccccc1-2. The maximum absolute atomic E-state index is 12.4. The van der Waals surface area contributed by atoms with Crippen LogP contribution in [0.4, 0.5) is 5.82 Å². The van der Waals surface area contributed by atoms with Gasteiger partial charge in [0.2, 0.25) is 5.91 Å². The summed E-state index contributed by atoms with van der Waals surface area (Å²) in [6, 6.07) is 8.43. The topological polar surface area (TPSA) is 54.9 Å². The first-order valence-corrected chi connectivity index (χ1v) is 11.0. The van der Waals surface area contributed by atoms with Gasteiger partial charge in [0.15, 0.2) is 5.82 Å². The van der Waals surface area contributed by atoms with Crippen LogP contribution in [0.3, 0.4) is 0 Å². The van der Waals surface area contributed by atoms with Gasteiger partial charge < -0.3 is 5.32 Å². The van der Waals surface area contributed by atoms with Crippen LogP contribution < -0.4 is 5.32 Å². The van der Waals surface area contributed by atoms with Gasteiger partial charge >= 0.3 is 0 Å². The van der Waals surface area contributed by atoms with Gasteiger partial charge in [0, 0.05) is 12.0 Å². The van der Waals surface area contributed by atoms with Gasteiger partial charge in [-0.3, -0.25) is 4.79 Å². The van der Waals surface area contributed by atoms with Crippen molar-refractivity contribution in [3.05, 3.63) is 65.5 Å². The Balaban J connectivity index is 0.00000166. The van der Waals surface area contributed by atoms with Crippen LogP contribution in [0.1, 0.15) is 57.0 Å². The third-order valence-corrected chi connectivity index (χ3v) is 5.02. The lowest BCUT2D eigenvalue weighted by Crippen LogP contribution is -2.19. The number of nitrogens with one attached hydrogen (secondary N) is 1. The molecule has 0 unspecified atom stereocenters. The molecule has 1 N–H and O–H groups in total. The molecule has 1 aromatic heterocycles. The maximum atomic E-state index is 12.4. The van der Waals surface area contributed by atoms with Gasteiger partial charge in [0.05, 0.1) is 17.1 Å². The summed E-state index contributed by atoms with van der Waals surface area (Å²) >= 11 is 0. The van der Waals surface area contributed by atoms with Gasteiger partial charge in [-0.15, -0.1) is 12.8 Å². The van der Waals surface area contributed by atoms with Gasteiger partial charge in [-0.1, -0.05) is 62.4 Å². The summed E-state index contributed by atoms with van der Waals surface area (Å²) in [6.45, 7) is 6.11. The Morgan fingerprint density at radius 2 is 1.94 bits per heavy atom. The fourth-order valence-electron chi connectivity index (χ4n) is 3.62. The minimum absolute atomic E-state index is 0.0136. The van der Waals surface area contributed by atoms with Gasteiger partial charge in [-0.2, -0.15) is 0 Å². The molecule has 1 aliphatic carbocycles. The number of aromatic nitrogens is 2. The lowest BCUT2D eigenvalue weighted by Gasteiger charge is -2.21. The van der Waals surface area contributed by atoms with E-state index < -0.39 is 0 Å². The van der Waals surface area contributed by atoms with Crippen molar-refractivity contribution < 1.29 is 4.79 Å². The summed E-state index contributed by atoms with van der Waals surface area (Å²) in [5.41, 5.74) is 5.35. The monoisotopic (exact) mass is 415 g/mol. The predicted molar refractivity (Wildman–Crippen MR) is 130 cm³/mol. The molecule has 4 heteroatoms. The van der Waals surface area contributed by atoms with E-state index >= 15 is 0 Å². The maximum Gasteiger partial charge on any atom is 0.225 e. The number of carbonyl (C=O) groups is 1. The molecule has 1 aromatic carbocycles. The molecule has 0 saturated carbocycles. The zero-order valence-corrected chi connectivity index (χ0v) is 18.9. The van der Waals surface area contributed by atoms with Crippen LogP contribution in [0.25, 0.3) is 11.3 Å². The van der Waals surface area contributed by atoms with Crippen LogP contribution in [0, 0.1) is 18.8 Å². The standard InChI is InChI=1S/C25H31N3O.C2H2/c1-4-5-6-7-8-9-14-22-25(28-23(29)17-18(2)3)27-21-16-15-19-12-10-11-13-20(19)24(21)26-22;1-2/h4-7,10-13,18H,8-9,14-17H2,1-3H3,(H,27,28,29);1-2H/b5-4-,7-6-;. The van der Waals surface area contributed by atoms with Gasteiger partial charge in [-0.05, 0) is 50.5 Å². The Morgan fingerprint density at radius 1 is 1.16 bits per heavy atom. The van der Waals surface area contributed by atoms with E-state index in [0.29, 0.717) is 18.2 Å². The largest absolute Gasteiger partial charge is 0.309 e. The number of hydrogen-bond donors (Lipinski definition) is 1. The number of anilines is 1. The molecule has 3 rings (SSSR count). The molecule has 0 radical (unpaired) electrons. The highest BCUT2D eigenvalue weighted by molar-refractivity contribution is 5.90. The van der Waals surface area contributed by atoms with E-state index in [9.17, 15) is 4.79 Å². The molecule has 2 aromatic rings. The molecule has 0 atom stereocenters. The highest BCUT2D eigenvalue weighted by atomic mass is 16.1. The van der Waals surface area contributed by atoms with E-state index in [4.69, 9.17) is 9.97 Å². The van der Waals surface area contributed by atoms with Gasteiger partial charge in [-0.25, -0.2) is 9.97 Å². The van der Waals surface area contributed by atoms with Crippen LogP contribution in [-0.4, -0.2) is 15.9 Å². The van der Waals surface area contributed by atoms with Crippen LogP contribution in [0.15, 0.2) is 48.6 Å². The van der Waals surface area contributed by atoms with Crippen molar-refractivity contribution in [3.63, 3.8) is 0 Å². The lowest BCUT2D eigenvalue weighted by molar-refractivity contribution is -0.116. The minimum atomic E-state index is 0.0136. The average Bonchev–Trinajstić information content (AvgIpc) is 2.77. The van der Waals surface area contributed by atoms with E-state index in [1.54, 1.807) is 0 Å². The van der Waals surface area contributed by atoms with E-state index in [0.717, 1.165) is 49.2 Å². The van der Waals surface area contributed by atoms with Crippen molar-refractivity contribution in [3.8, 4) is 24.1 Å². The number of allylic oxidation sites excluding steroid dienone is 4. The van der Waals surface area contributed by atoms with Crippen molar-refractivity contribution in [2.45, 2.75) is 59.3 Å². The van der Waals surface area contributed by atoms with E-state index in [-0.39, 0.29) is 5.91 Å². The molecular weight excluding hydrogens is 382 g/mol. The highest BCUT2D eigenvalue weighted by Gasteiger charge is 2.22. The number of amides is 1. The number of terminal acetylenes is 1. The Kier molecular flexibility index (Phi) is 9.71. The van der Waals surface area contributed by atoms with Crippen molar-refractivity contribution in [2.75, 3.05) is 5.32 Å². The summed E-state index contributed by atoms with van der Waals surface area (Å²) in [5, 5.41) is 3.04. The lowest BCUT2D eigenvalue weighted by atomic mass is 9.91. The van der Waals surface area contributed by atoms with Crippen LogP contribution in [-0.2, 0) is 24.1 Å². The third-order valence-electron chi connectivity index (χ3n) is 5.02. The molecule has 1 amide bonds. The van der Waals surface area contributed by atoms with Crippen molar-refractivity contribution in [1.82, 2.24) is 9.97 Å². The Labute approximate surface area is 186 Å². The molecule has 31 heavy (non-hydrogen) atoms. The highest BCUT2D eigenvalue weighted by Crippen LogP contribution is 2.33. The first-order chi connectivity index (χ1) is 15.1. The Hall–Kier alpha value is -3.19. The number of hydrogen-bond acceptors (Lipinski definition) is 3. The summed E-state index contributed by atoms with van der Waals surface area (Å²) < 4.78 is 0. The third kappa shape index (κ3) is 6.93. The summed E-state index contributed by atoms with van der Waals surface area (Å²) in [5.74, 6) is 0.971. The van der Waals surface area contributed by atoms with Crippen LogP contribution >= 0.6 is 0 Å². The summed E-state index contributed by atoms with van der Waals surface area (Å²) in [4.78, 5) is 22.3. The quantitative estimate of drug-likeness (QED) is 0.330. The molecule has 4 nitrogen and oxygen atoms in total. The Morgan fingerprint density at radius 3 is 2.68 bits per heavy atom. The zero-order valence-electron chi connectivity index (χ0n) is 18.9. The number of carbonyl (C=O) groups excluding carboxylic acids is 1. The van der Waals surface area contributed by atoms with Crippen LogP contribution in [0.2, 0.25) is 0 Å². The second-order valence-electron chi connectivity index (χ2n) is 7.96. The zero-order chi connectivity index (χ0) is 22.6. The van der Waals surface area contributed by atoms with E-state index in [1.165, 1.54) is 11.1 Å². The molecule has 0 fully saturated rings. The normalized spacial score (nSPS) is 12.3. The molecule has 0 aliphatic heterocycles. The number of rotatable bonds is 8. The fourth-order valence-corrected chi connectivity index (χ4v) is 3.62. The van der Waals surface area contributed by atoms with Crippen molar-refractivity contribution >= 4 is 11.7 Å². The molecule has 1 aliphatic rings. The second kappa shape index (κ2) is 12.5. The average molecular weight is 416 g/mol. The summed E-state index contributed by atoms with van der Waals surface area (Å²) in [7, 11) is 0. The first kappa shape index (κ1) is 24.1. The predicted octanol–water partition coefficient (Wildman–Crippen LogP) is 5.93. The molecule has 0 bridgehead atoms. The second-order valence-corrected chi connectivity index (χ2v) is 7.96. The van der Waals surface area contributed by atoms with Gasteiger partial charge in [0.1, 0.15) is 0 Å². The molecule has 1 heterocycles. The Bertz CT molecular complexity index is 954. The smallest absolute Gasteiger partial charge is 0.225 e. The van der Waals surface area contributed by atoms with E-state index in [2.05, 4.69) is 54.6 Å². The van der Waals surface area contributed by atoms with E-state index in [1.807, 2.05) is 32.9 Å². The van der Waals surface area contributed by atoms with Crippen molar-refractivity contribution in [1.29, 1.82) is 0 Å². The molecule has 0 spiro atoms. The molecule has 0 saturated heterocycles. The fraction of sp³-hybridized carbons (Fsp3) is 0.370. The number of unbranched alkanes of at least 4 members (excludes halogenated alkanes) is 1. The molecular formula is C27H33N3O.